The van der Waals surface area contributed by atoms with Crippen LogP contribution < -0.4 is 0 Å². The van der Waals surface area contributed by atoms with Gasteiger partial charge in [0, 0.05) is 0 Å². The first kappa shape index (κ1) is 18.3. The molecule has 2 fully saturated rings. The molecule has 0 amide bonds. The van der Waals surface area contributed by atoms with E-state index in [1.807, 2.05) is 0 Å². The lowest BCUT2D eigenvalue weighted by molar-refractivity contribution is 0.0270. The highest BCUT2D eigenvalue weighted by Crippen LogP contribution is 2.60. The van der Waals surface area contributed by atoms with Crippen molar-refractivity contribution in [2.75, 3.05) is 0 Å². The number of fused-ring (bicyclic) bond motifs is 1. The predicted octanol–water partition coefficient (Wildman–Crippen LogP) is 7.56. The smallest absolute Gasteiger partial charge is 0.0131 e. The second-order valence-electron chi connectivity index (χ2n) is 9.17. The van der Waals surface area contributed by atoms with Crippen LogP contribution in [0.2, 0.25) is 0 Å². The van der Waals surface area contributed by atoms with Crippen LogP contribution in [-0.4, -0.2) is 0 Å². The Bertz CT molecular complexity index is 429. The Morgan fingerprint density at radius 3 is 2.04 bits per heavy atom. The molecule has 3 aliphatic rings. The minimum absolute atomic E-state index is 0.645. The minimum Gasteiger partial charge on any atom is -0.0806 e. The summed E-state index contributed by atoms with van der Waals surface area (Å²) in [4.78, 5) is 0. The lowest BCUT2D eigenvalue weighted by atomic mass is 9.57. The molecule has 136 valence electrons. The van der Waals surface area contributed by atoms with Crippen molar-refractivity contribution >= 4 is 0 Å². The van der Waals surface area contributed by atoms with E-state index in [9.17, 15) is 0 Å². The molecular formula is C24H40. The molecule has 0 aromatic heterocycles. The summed E-state index contributed by atoms with van der Waals surface area (Å²) in [5, 5.41) is 0. The van der Waals surface area contributed by atoms with Crippen LogP contribution in [0.5, 0.6) is 0 Å². The Morgan fingerprint density at radius 1 is 0.875 bits per heavy atom. The molecule has 2 saturated carbocycles. The van der Waals surface area contributed by atoms with Gasteiger partial charge in [0.1, 0.15) is 0 Å². The van der Waals surface area contributed by atoms with E-state index in [0.29, 0.717) is 5.41 Å². The molecule has 0 heterocycles. The monoisotopic (exact) mass is 328 g/mol. The topological polar surface area (TPSA) is 0 Å². The molecular weight excluding hydrogens is 288 g/mol. The molecule has 3 aliphatic carbocycles. The highest BCUT2D eigenvalue weighted by atomic mass is 14.6. The summed E-state index contributed by atoms with van der Waals surface area (Å²) in [6.45, 7) is 7.31. The highest BCUT2D eigenvalue weighted by molar-refractivity contribution is 5.20. The molecule has 0 aliphatic heterocycles. The van der Waals surface area contributed by atoms with Crippen molar-refractivity contribution in [1.82, 2.24) is 0 Å². The molecule has 0 bridgehead atoms. The fourth-order valence-electron chi connectivity index (χ4n) is 6.67. The van der Waals surface area contributed by atoms with Gasteiger partial charge in [0.15, 0.2) is 0 Å². The van der Waals surface area contributed by atoms with E-state index in [1.165, 1.54) is 70.6 Å². The van der Waals surface area contributed by atoms with E-state index in [-0.39, 0.29) is 0 Å². The third-order valence-corrected chi connectivity index (χ3v) is 7.87. The van der Waals surface area contributed by atoms with Crippen LogP contribution in [0.15, 0.2) is 24.3 Å². The molecule has 0 aromatic carbocycles. The van der Waals surface area contributed by atoms with E-state index in [2.05, 4.69) is 45.1 Å². The quantitative estimate of drug-likeness (QED) is 0.431. The van der Waals surface area contributed by atoms with Crippen molar-refractivity contribution < 1.29 is 0 Å². The van der Waals surface area contributed by atoms with E-state index in [1.54, 1.807) is 0 Å². The van der Waals surface area contributed by atoms with E-state index in [4.69, 9.17) is 0 Å². The van der Waals surface area contributed by atoms with Crippen LogP contribution in [0.25, 0.3) is 0 Å². The molecule has 4 unspecified atom stereocenters. The summed E-state index contributed by atoms with van der Waals surface area (Å²) in [5.41, 5.74) is 0.645. The van der Waals surface area contributed by atoms with Gasteiger partial charge >= 0.3 is 0 Å². The van der Waals surface area contributed by atoms with Gasteiger partial charge in [-0.2, -0.15) is 0 Å². The SMILES string of the molecule is CCCCC(CCCC)(C1CCCC1)C1CC(C)C2C=CC=CC21. The standard InChI is InChI=1S/C24H40/c1-4-6-16-24(17-7-5-2,20-12-8-9-13-20)23-18-19(3)21-14-10-11-15-22(21)23/h10-11,14-15,19-23H,4-9,12-13,16-18H2,1-3H3. The van der Waals surface area contributed by atoms with Crippen molar-refractivity contribution in [3.05, 3.63) is 24.3 Å². The summed E-state index contributed by atoms with van der Waals surface area (Å²) in [7, 11) is 0. The summed E-state index contributed by atoms with van der Waals surface area (Å²) in [6.07, 6.45) is 26.0. The Balaban J connectivity index is 1.92. The predicted molar refractivity (Wildman–Crippen MR) is 106 cm³/mol. The third kappa shape index (κ3) is 3.40. The molecule has 0 saturated heterocycles. The van der Waals surface area contributed by atoms with Crippen molar-refractivity contribution in [2.45, 2.75) is 91.4 Å². The van der Waals surface area contributed by atoms with Gasteiger partial charge in [-0.05, 0) is 67.1 Å². The van der Waals surface area contributed by atoms with Gasteiger partial charge in [-0.25, -0.2) is 0 Å². The van der Waals surface area contributed by atoms with Gasteiger partial charge in [0.2, 0.25) is 0 Å². The Hall–Kier alpha value is -0.520. The van der Waals surface area contributed by atoms with Crippen LogP contribution >= 0.6 is 0 Å². The van der Waals surface area contributed by atoms with Gasteiger partial charge in [0.25, 0.3) is 0 Å². The molecule has 0 radical (unpaired) electrons. The third-order valence-electron chi connectivity index (χ3n) is 7.87. The van der Waals surface area contributed by atoms with E-state index < -0.39 is 0 Å². The zero-order valence-electron chi connectivity index (χ0n) is 16.5. The van der Waals surface area contributed by atoms with Crippen molar-refractivity contribution in [2.24, 2.45) is 35.0 Å². The first-order valence-corrected chi connectivity index (χ1v) is 11.1. The number of unbranched alkanes of at least 4 members (excludes halogenated alkanes) is 2. The van der Waals surface area contributed by atoms with Gasteiger partial charge < -0.3 is 0 Å². The van der Waals surface area contributed by atoms with Crippen molar-refractivity contribution in [3.8, 4) is 0 Å². The first-order chi connectivity index (χ1) is 11.7. The first-order valence-electron chi connectivity index (χ1n) is 11.1. The minimum atomic E-state index is 0.645. The molecule has 4 atom stereocenters. The van der Waals surface area contributed by atoms with Gasteiger partial charge in [-0.15, -0.1) is 0 Å². The van der Waals surface area contributed by atoms with Crippen molar-refractivity contribution in [1.29, 1.82) is 0 Å². The maximum atomic E-state index is 2.60. The summed E-state index contributed by atoms with van der Waals surface area (Å²) in [6, 6.07) is 0. The number of rotatable bonds is 8. The lowest BCUT2D eigenvalue weighted by Crippen LogP contribution is -2.40. The largest absolute Gasteiger partial charge is 0.0806 e. The van der Waals surface area contributed by atoms with Crippen LogP contribution in [0, 0.1) is 35.0 Å². The Morgan fingerprint density at radius 2 is 1.46 bits per heavy atom. The Kier molecular flexibility index (Phi) is 6.27. The second-order valence-corrected chi connectivity index (χ2v) is 9.17. The zero-order valence-corrected chi connectivity index (χ0v) is 16.5. The molecule has 3 rings (SSSR count). The zero-order chi connectivity index (χ0) is 17.0. The summed E-state index contributed by atoms with van der Waals surface area (Å²) in [5.74, 6) is 4.50. The molecule has 0 aromatic rings. The number of allylic oxidation sites excluding steroid dienone is 4. The fourth-order valence-corrected chi connectivity index (χ4v) is 6.67. The fraction of sp³-hybridized carbons (Fsp3) is 0.833. The maximum absolute atomic E-state index is 2.60. The van der Waals surface area contributed by atoms with Gasteiger partial charge in [0.05, 0.1) is 0 Å². The maximum Gasteiger partial charge on any atom is -0.0131 e. The van der Waals surface area contributed by atoms with Crippen LogP contribution in [0.1, 0.15) is 91.4 Å². The molecule has 0 spiro atoms. The molecule has 0 nitrogen and oxygen atoms in total. The molecule has 24 heavy (non-hydrogen) atoms. The average molecular weight is 329 g/mol. The van der Waals surface area contributed by atoms with E-state index >= 15 is 0 Å². The van der Waals surface area contributed by atoms with Crippen LogP contribution in [0.4, 0.5) is 0 Å². The van der Waals surface area contributed by atoms with E-state index in [0.717, 1.165) is 29.6 Å². The summed E-state index contributed by atoms with van der Waals surface area (Å²) >= 11 is 0. The molecule has 0 heteroatoms. The highest BCUT2D eigenvalue weighted by Gasteiger charge is 2.52. The Labute approximate surface area is 151 Å². The number of hydrogen-bond donors (Lipinski definition) is 0. The van der Waals surface area contributed by atoms with Crippen molar-refractivity contribution in [3.63, 3.8) is 0 Å². The molecule has 0 N–H and O–H groups in total. The number of hydrogen-bond acceptors (Lipinski definition) is 0. The van der Waals surface area contributed by atoms with Gasteiger partial charge in [-0.1, -0.05) is 83.6 Å². The average Bonchev–Trinajstić information content (AvgIpc) is 3.25. The van der Waals surface area contributed by atoms with Crippen LogP contribution in [0.3, 0.4) is 0 Å². The van der Waals surface area contributed by atoms with Gasteiger partial charge in [-0.3, -0.25) is 0 Å². The summed E-state index contributed by atoms with van der Waals surface area (Å²) < 4.78 is 0. The lowest BCUT2D eigenvalue weighted by Gasteiger charge is -2.47. The van der Waals surface area contributed by atoms with Crippen LogP contribution in [-0.2, 0) is 0 Å². The second kappa shape index (κ2) is 8.24. The normalized spacial score (nSPS) is 33.3.